The van der Waals surface area contributed by atoms with Gasteiger partial charge in [0.1, 0.15) is 17.4 Å². The van der Waals surface area contributed by atoms with Crippen LogP contribution in [0.15, 0.2) is 71.7 Å². The Labute approximate surface area is 216 Å². The van der Waals surface area contributed by atoms with E-state index in [1.165, 1.54) is 12.5 Å². The fraction of sp³-hybridized carbons (Fsp3) is 0.214. The van der Waals surface area contributed by atoms with Gasteiger partial charge in [-0.3, -0.25) is 25.5 Å². The molecule has 0 fully saturated rings. The summed E-state index contributed by atoms with van der Waals surface area (Å²) >= 11 is 5.99. The molecule has 3 N–H and O–H groups in total. The monoisotopic (exact) mass is 503 g/mol. The molecule has 7 nitrogen and oxygen atoms in total. The van der Waals surface area contributed by atoms with Crippen molar-refractivity contribution in [3.63, 3.8) is 0 Å². The Bertz CT molecular complexity index is 1280. The number of benzene rings is 3. The van der Waals surface area contributed by atoms with E-state index >= 15 is 0 Å². The van der Waals surface area contributed by atoms with E-state index < -0.39 is 0 Å². The minimum atomic E-state index is -0.0285. The Morgan fingerprint density at radius 1 is 1.08 bits per heavy atom. The fourth-order valence-corrected chi connectivity index (χ4v) is 3.87. The summed E-state index contributed by atoms with van der Waals surface area (Å²) in [5.74, 6) is 1.21. The average Bonchev–Trinajstić information content (AvgIpc) is 3.00. The van der Waals surface area contributed by atoms with Gasteiger partial charge in [0.05, 0.1) is 25.1 Å². The number of benzodiazepines with no additional fused rings is 1. The second-order valence-electron chi connectivity index (χ2n) is 8.15. The number of amides is 1. The third-order valence-electron chi connectivity index (χ3n) is 5.49. The largest absolute Gasteiger partial charge is 0.497 e. The molecular weight excluding hydrogens is 474 g/mol. The number of ether oxygens (including phenoxy) is 1. The molecule has 36 heavy (non-hydrogen) atoms. The van der Waals surface area contributed by atoms with Gasteiger partial charge in [0.2, 0.25) is 5.91 Å². The number of nitrogens with zero attached hydrogens (tertiary/aromatic N) is 2. The number of carbonyl (C=O) groups excluding carboxylic acids is 1. The maximum atomic E-state index is 10.7. The Morgan fingerprint density at radius 3 is 2.31 bits per heavy atom. The van der Waals surface area contributed by atoms with Crippen LogP contribution in [0.5, 0.6) is 5.75 Å². The van der Waals surface area contributed by atoms with Crippen molar-refractivity contribution in [3.8, 4) is 5.75 Å². The van der Waals surface area contributed by atoms with Crippen molar-refractivity contribution in [2.45, 2.75) is 27.2 Å². The SMILES string of the molecule is CCc1ccc(NC(C)=O)cc1.COc1ccc2c(c1)C(c1ccc(Cl)cc1)=NCC(=N)N2C(C)=N. The highest BCUT2D eigenvalue weighted by Crippen LogP contribution is 2.31. The van der Waals surface area contributed by atoms with Crippen LogP contribution < -0.4 is 15.0 Å². The van der Waals surface area contributed by atoms with Gasteiger partial charge in [0, 0.05) is 28.8 Å². The van der Waals surface area contributed by atoms with Crippen molar-refractivity contribution >= 4 is 46.3 Å². The van der Waals surface area contributed by atoms with E-state index in [1.807, 2.05) is 66.7 Å². The Balaban J connectivity index is 0.000000253. The third kappa shape index (κ3) is 6.58. The second kappa shape index (κ2) is 12.1. The van der Waals surface area contributed by atoms with Gasteiger partial charge in [-0.25, -0.2) is 0 Å². The van der Waals surface area contributed by atoms with Gasteiger partial charge in [-0.05, 0) is 61.4 Å². The number of hydrogen-bond acceptors (Lipinski definition) is 5. The van der Waals surface area contributed by atoms with Gasteiger partial charge in [-0.15, -0.1) is 0 Å². The lowest BCUT2D eigenvalue weighted by Gasteiger charge is -2.24. The van der Waals surface area contributed by atoms with Crippen LogP contribution in [0.25, 0.3) is 0 Å². The van der Waals surface area contributed by atoms with Crippen LogP contribution in [0.4, 0.5) is 11.4 Å². The van der Waals surface area contributed by atoms with E-state index in [0.29, 0.717) is 10.8 Å². The number of anilines is 2. The molecule has 0 radical (unpaired) electrons. The van der Waals surface area contributed by atoms with Crippen LogP contribution in [0.1, 0.15) is 37.5 Å². The number of rotatable bonds is 4. The van der Waals surface area contributed by atoms with Gasteiger partial charge >= 0.3 is 0 Å². The predicted molar refractivity (Wildman–Crippen MR) is 149 cm³/mol. The number of hydrogen-bond donors (Lipinski definition) is 3. The van der Waals surface area contributed by atoms with Crippen LogP contribution in [0, 0.1) is 10.8 Å². The van der Waals surface area contributed by atoms with Gasteiger partial charge in [-0.1, -0.05) is 42.8 Å². The lowest BCUT2D eigenvalue weighted by Crippen LogP contribution is -2.35. The number of nitrogens with one attached hydrogen (secondary N) is 3. The normalized spacial score (nSPS) is 12.4. The minimum Gasteiger partial charge on any atom is -0.497 e. The van der Waals surface area contributed by atoms with E-state index in [-0.39, 0.29) is 24.1 Å². The Morgan fingerprint density at radius 2 is 1.75 bits per heavy atom. The van der Waals surface area contributed by atoms with Crippen LogP contribution in [-0.4, -0.2) is 36.9 Å². The summed E-state index contributed by atoms with van der Waals surface area (Å²) in [5.41, 5.74) is 5.38. The maximum absolute atomic E-state index is 10.7. The van der Waals surface area contributed by atoms with Crippen molar-refractivity contribution in [2.24, 2.45) is 4.99 Å². The number of carbonyl (C=O) groups is 1. The summed E-state index contributed by atoms with van der Waals surface area (Å²) in [7, 11) is 1.61. The van der Waals surface area contributed by atoms with Gasteiger partial charge in [0.25, 0.3) is 0 Å². The van der Waals surface area contributed by atoms with E-state index in [0.717, 1.165) is 34.6 Å². The standard InChI is InChI=1S/C18H17ClN4O.C10H13NO/c1-11(20)23-16-8-7-14(24-2)9-15(16)18(22-10-17(23)21)12-3-5-13(19)6-4-12;1-3-9-4-6-10(7-5-9)11-8(2)12/h3-9,20-21H,10H2,1-2H3;4-7H,3H2,1-2H3,(H,11,12). The van der Waals surface area contributed by atoms with Crippen molar-refractivity contribution < 1.29 is 9.53 Å². The molecule has 0 spiro atoms. The molecule has 0 aliphatic carbocycles. The summed E-state index contributed by atoms with van der Waals surface area (Å²) in [5, 5.41) is 19.7. The third-order valence-corrected chi connectivity index (χ3v) is 5.74. The van der Waals surface area contributed by atoms with Crippen LogP contribution in [-0.2, 0) is 11.2 Å². The minimum absolute atomic E-state index is 0.0285. The number of fused-ring (bicyclic) bond motifs is 1. The smallest absolute Gasteiger partial charge is 0.221 e. The molecule has 1 amide bonds. The van der Waals surface area contributed by atoms with Gasteiger partial charge in [-0.2, -0.15) is 0 Å². The lowest BCUT2D eigenvalue weighted by atomic mass is 9.99. The highest BCUT2D eigenvalue weighted by Gasteiger charge is 2.25. The number of aryl methyl sites for hydroxylation is 1. The fourth-order valence-electron chi connectivity index (χ4n) is 3.75. The first-order valence-electron chi connectivity index (χ1n) is 11.5. The van der Waals surface area contributed by atoms with E-state index in [4.69, 9.17) is 27.2 Å². The number of methoxy groups -OCH3 is 1. The molecule has 0 atom stereocenters. The lowest BCUT2D eigenvalue weighted by molar-refractivity contribution is -0.114. The van der Waals surface area contributed by atoms with Crippen LogP contribution in [0.3, 0.4) is 0 Å². The molecule has 4 rings (SSSR count). The second-order valence-corrected chi connectivity index (χ2v) is 8.59. The summed E-state index contributed by atoms with van der Waals surface area (Å²) in [4.78, 5) is 16.9. The molecule has 0 saturated heterocycles. The molecule has 0 bridgehead atoms. The Kier molecular flexibility index (Phi) is 8.97. The highest BCUT2D eigenvalue weighted by molar-refractivity contribution is 6.31. The average molecular weight is 504 g/mol. The first kappa shape index (κ1) is 26.6. The topological polar surface area (TPSA) is 102 Å². The molecule has 3 aromatic rings. The highest BCUT2D eigenvalue weighted by atomic mass is 35.5. The number of halogens is 1. The van der Waals surface area contributed by atoms with Crippen molar-refractivity contribution in [2.75, 3.05) is 23.9 Å². The molecule has 0 unspecified atom stereocenters. The summed E-state index contributed by atoms with van der Waals surface area (Å²) in [6.45, 7) is 5.47. The summed E-state index contributed by atoms with van der Waals surface area (Å²) in [6.07, 6.45) is 1.03. The molecule has 1 aliphatic rings. The van der Waals surface area contributed by atoms with Crippen molar-refractivity contribution in [1.29, 1.82) is 10.8 Å². The zero-order chi connectivity index (χ0) is 26.2. The zero-order valence-electron chi connectivity index (χ0n) is 20.9. The van der Waals surface area contributed by atoms with E-state index in [2.05, 4.69) is 17.2 Å². The predicted octanol–water partition coefficient (Wildman–Crippen LogP) is 6.19. The summed E-state index contributed by atoms with van der Waals surface area (Å²) in [6, 6.07) is 20.9. The molecule has 0 aromatic heterocycles. The molecular formula is C28H30ClN5O2. The number of amidine groups is 2. The maximum Gasteiger partial charge on any atom is 0.221 e. The van der Waals surface area contributed by atoms with Crippen LogP contribution in [0.2, 0.25) is 5.02 Å². The first-order valence-corrected chi connectivity index (χ1v) is 11.9. The van der Waals surface area contributed by atoms with Gasteiger partial charge in [0.15, 0.2) is 0 Å². The molecule has 1 heterocycles. The Hall–Kier alpha value is -3.97. The molecule has 3 aromatic carbocycles. The molecule has 186 valence electrons. The van der Waals surface area contributed by atoms with Crippen molar-refractivity contribution in [3.05, 3.63) is 88.4 Å². The zero-order valence-corrected chi connectivity index (χ0v) is 21.6. The van der Waals surface area contributed by atoms with Gasteiger partial charge < -0.3 is 10.1 Å². The van der Waals surface area contributed by atoms with Crippen LogP contribution >= 0.6 is 11.6 Å². The molecule has 1 aliphatic heterocycles. The van der Waals surface area contributed by atoms with Crippen molar-refractivity contribution in [1.82, 2.24) is 0 Å². The quantitative estimate of drug-likeness (QED) is 0.292. The van der Waals surface area contributed by atoms with E-state index in [1.54, 1.807) is 18.9 Å². The molecule has 0 saturated carbocycles. The molecule has 8 heteroatoms. The first-order chi connectivity index (χ1) is 17.2. The number of aliphatic imine (C=N–C) groups is 1. The summed E-state index contributed by atoms with van der Waals surface area (Å²) < 4.78 is 5.34. The van der Waals surface area contributed by atoms with E-state index in [9.17, 15) is 4.79 Å².